The molecule has 1 saturated heterocycles. The van der Waals surface area contributed by atoms with Gasteiger partial charge in [0.05, 0.1) is 20.3 Å². The van der Waals surface area contributed by atoms with Gasteiger partial charge in [-0.3, -0.25) is 0 Å². The second-order valence-electron chi connectivity index (χ2n) is 3.78. The zero-order valence-electron chi connectivity index (χ0n) is 11.0. The lowest BCUT2D eigenvalue weighted by Gasteiger charge is -2.24. The van der Waals surface area contributed by atoms with Crippen molar-refractivity contribution in [2.24, 2.45) is 0 Å². The van der Waals surface area contributed by atoms with Gasteiger partial charge in [0.1, 0.15) is 6.10 Å². The molecule has 0 spiro atoms. The van der Waals surface area contributed by atoms with Crippen LogP contribution in [0.4, 0.5) is 4.79 Å². The fourth-order valence-corrected chi connectivity index (χ4v) is 3.12. The van der Waals surface area contributed by atoms with Crippen molar-refractivity contribution in [3.63, 3.8) is 0 Å². The molecule has 8 heteroatoms. The van der Waals surface area contributed by atoms with E-state index in [0.29, 0.717) is 25.7 Å². The van der Waals surface area contributed by atoms with Crippen molar-refractivity contribution in [1.82, 2.24) is 0 Å². The van der Waals surface area contributed by atoms with Crippen LogP contribution in [0.5, 0.6) is 0 Å². The average Bonchev–Trinajstić information content (AvgIpc) is 3.21. The van der Waals surface area contributed by atoms with Crippen molar-refractivity contribution in [3.05, 3.63) is 0 Å². The molecule has 1 unspecified atom stereocenters. The van der Waals surface area contributed by atoms with Crippen molar-refractivity contribution in [2.45, 2.75) is 18.6 Å². The van der Waals surface area contributed by atoms with E-state index < -0.39 is 15.0 Å². The van der Waals surface area contributed by atoms with E-state index in [-0.39, 0.29) is 6.10 Å². The SMILES string of the molecule is COC(=O)O[Si](CCCOCC1CO1)(OC)OC. The Kier molecular flexibility index (Phi) is 6.58. The van der Waals surface area contributed by atoms with E-state index >= 15 is 0 Å². The molecular formula is C10H20O7Si. The van der Waals surface area contributed by atoms with Crippen LogP contribution < -0.4 is 0 Å². The highest BCUT2D eigenvalue weighted by atomic mass is 28.4. The maximum Gasteiger partial charge on any atom is 0.569 e. The topological polar surface area (TPSA) is 75.8 Å². The standard InChI is InChI=1S/C10H20O7Si/c1-12-10(11)17-18(13-2,14-3)6-4-5-15-7-9-8-16-9/h9H,4-8H2,1-3H3. The molecule has 7 nitrogen and oxygen atoms in total. The fourth-order valence-electron chi connectivity index (χ4n) is 1.36. The molecular weight excluding hydrogens is 260 g/mol. The van der Waals surface area contributed by atoms with Crippen LogP contribution in [0.3, 0.4) is 0 Å². The molecule has 0 saturated carbocycles. The second kappa shape index (κ2) is 7.69. The van der Waals surface area contributed by atoms with Crippen molar-refractivity contribution in [3.8, 4) is 0 Å². The summed E-state index contributed by atoms with van der Waals surface area (Å²) < 4.78 is 30.3. The second-order valence-corrected chi connectivity index (χ2v) is 6.67. The van der Waals surface area contributed by atoms with Crippen LogP contribution in [-0.2, 0) is 27.5 Å². The van der Waals surface area contributed by atoms with Gasteiger partial charge in [0.2, 0.25) is 0 Å². The van der Waals surface area contributed by atoms with Crippen molar-refractivity contribution in [2.75, 3.05) is 41.2 Å². The van der Waals surface area contributed by atoms with Gasteiger partial charge < -0.3 is 27.5 Å². The quantitative estimate of drug-likeness (QED) is 0.268. The van der Waals surface area contributed by atoms with Gasteiger partial charge in [0.25, 0.3) is 0 Å². The fraction of sp³-hybridized carbons (Fsp3) is 0.900. The average molecular weight is 280 g/mol. The Bertz CT molecular complexity index is 253. The van der Waals surface area contributed by atoms with Gasteiger partial charge in [-0.2, -0.15) is 0 Å². The van der Waals surface area contributed by atoms with E-state index in [2.05, 4.69) is 4.74 Å². The first-order valence-electron chi connectivity index (χ1n) is 5.72. The summed E-state index contributed by atoms with van der Waals surface area (Å²) in [5.41, 5.74) is 0. The molecule has 0 aromatic heterocycles. The molecule has 0 bridgehead atoms. The molecule has 0 aromatic rings. The molecule has 0 radical (unpaired) electrons. The van der Waals surface area contributed by atoms with Gasteiger partial charge in [-0.25, -0.2) is 4.79 Å². The summed E-state index contributed by atoms with van der Waals surface area (Å²) in [7, 11) is 1.18. The van der Waals surface area contributed by atoms with E-state index in [1.807, 2.05) is 0 Å². The minimum absolute atomic E-state index is 0.253. The number of hydrogen-bond acceptors (Lipinski definition) is 7. The molecule has 106 valence electrons. The minimum Gasteiger partial charge on any atom is -0.441 e. The Balaban J connectivity index is 2.23. The third-order valence-corrected chi connectivity index (χ3v) is 5.19. The summed E-state index contributed by atoms with van der Waals surface area (Å²) in [5, 5.41) is 0. The zero-order valence-corrected chi connectivity index (χ0v) is 12.0. The molecule has 0 N–H and O–H groups in total. The van der Waals surface area contributed by atoms with Gasteiger partial charge in [0.15, 0.2) is 0 Å². The van der Waals surface area contributed by atoms with E-state index in [4.69, 9.17) is 22.8 Å². The van der Waals surface area contributed by atoms with E-state index in [1.54, 1.807) is 0 Å². The van der Waals surface area contributed by atoms with E-state index in [9.17, 15) is 4.79 Å². The molecule has 1 aliphatic rings. The summed E-state index contributed by atoms with van der Waals surface area (Å²) >= 11 is 0. The lowest BCUT2D eigenvalue weighted by Crippen LogP contribution is -2.45. The van der Waals surface area contributed by atoms with Crippen molar-refractivity contribution < 1.29 is 32.3 Å². The zero-order chi connectivity index (χ0) is 13.4. The van der Waals surface area contributed by atoms with Crippen LogP contribution in [0.25, 0.3) is 0 Å². The third kappa shape index (κ3) is 5.32. The summed E-state index contributed by atoms with van der Waals surface area (Å²) in [6.45, 7) is 1.93. The molecule has 1 fully saturated rings. The Hall–Kier alpha value is -0.673. The Morgan fingerprint density at radius 2 is 2.00 bits per heavy atom. The summed E-state index contributed by atoms with van der Waals surface area (Å²) in [5.74, 6) is 0. The van der Waals surface area contributed by atoms with Gasteiger partial charge in [-0.1, -0.05) is 0 Å². The molecule has 0 aromatic carbocycles. The van der Waals surface area contributed by atoms with Gasteiger partial charge in [-0.05, 0) is 6.42 Å². The van der Waals surface area contributed by atoms with Gasteiger partial charge >= 0.3 is 15.0 Å². The first-order chi connectivity index (χ1) is 8.65. The smallest absolute Gasteiger partial charge is 0.441 e. The molecule has 1 atom stereocenters. The van der Waals surface area contributed by atoms with Gasteiger partial charge in [-0.15, -0.1) is 0 Å². The Morgan fingerprint density at radius 3 is 2.50 bits per heavy atom. The largest absolute Gasteiger partial charge is 0.569 e. The van der Waals surface area contributed by atoms with Crippen LogP contribution in [0.1, 0.15) is 6.42 Å². The van der Waals surface area contributed by atoms with Crippen LogP contribution in [0, 0.1) is 0 Å². The number of ether oxygens (including phenoxy) is 3. The number of hydrogen-bond donors (Lipinski definition) is 0. The lowest BCUT2D eigenvalue weighted by atomic mass is 10.5. The monoisotopic (exact) mass is 280 g/mol. The highest BCUT2D eigenvalue weighted by molar-refractivity contribution is 6.62. The Morgan fingerprint density at radius 1 is 1.33 bits per heavy atom. The van der Waals surface area contributed by atoms with E-state index in [1.165, 1.54) is 21.3 Å². The van der Waals surface area contributed by atoms with Crippen molar-refractivity contribution >= 4 is 15.0 Å². The first kappa shape index (κ1) is 15.4. The highest BCUT2D eigenvalue weighted by Gasteiger charge is 2.43. The summed E-state index contributed by atoms with van der Waals surface area (Å²) in [6, 6.07) is 0.487. The molecule has 1 rings (SSSR count). The number of methoxy groups -OCH3 is 1. The number of carbonyl (C=O) groups is 1. The molecule has 0 amide bonds. The summed E-state index contributed by atoms with van der Waals surface area (Å²) in [6.07, 6.45) is 0.137. The van der Waals surface area contributed by atoms with Crippen molar-refractivity contribution in [1.29, 1.82) is 0 Å². The third-order valence-electron chi connectivity index (χ3n) is 2.51. The maximum absolute atomic E-state index is 11.1. The van der Waals surface area contributed by atoms with Crippen LogP contribution in [0.2, 0.25) is 6.04 Å². The van der Waals surface area contributed by atoms with E-state index in [0.717, 1.165) is 6.61 Å². The number of epoxide rings is 1. The predicted octanol–water partition coefficient (Wildman–Crippen LogP) is 0.807. The summed E-state index contributed by atoms with van der Waals surface area (Å²) in [4.78, 5) is 11.1. The number of rotatable bonds is 9. The minimum atomic E-state index is -2.97. The molecule has 0 aliphatic carbocycles. The number of carbonyl (C=O) groups excluding carboxylic acids is 1. The highest BCUT2D eigenvalue weighted by Crippen LogP contribution is 2.17. The predicted molar refractivity (Wildman–Crippen MR) is 63.2 cm³/mol. The maximum atomic E-state index is 11.1. The first-order valence-corrected chi connectivity index (χ1v) is 7.65. The Labute approximate surface area is 108 Å². The lowest BCUT2D eigenvalue weighted by molar-refractivity contribution is 0.0658. The van der Waals surface area contributed by atoms with Gasteiger partial charge in [0, 0.05) is 26.9 Å². The van der Waals surface area contributed by atoms with Crippen LogP contribution >= 0.6 is 0 Å². The normalized spacial score (nSPS) is 18.5. The molecule has 1 heterocycles. The van der Waals surface area contributed by atoms with Crippen LogP contribution in [0.15, 0.2) is 0 Å². The van der Waals surface area contributed by atoms with Crippen LogP contribution in [-0.4, -0.2) is 62.2 Å². The molecule has 18 heavy (non-hydrogen) atoms. The molecule has 1 aliphatic heterocycles.